The van der Waals surface area contributed by atoms with Crippen molar-refractivity contribution in [1.82, 2.24) is 4.90 Å². The van der Waals surface area contributed by atoms with Gasteiger partial charge in [-0.1, -0.05) is 17.7 Å². The quantitative estimate of drug-likeness (QED) is 0.537. The van der Waals surface area contributed by atoms with Crippen molar-refractivity contribution in [2.75, 3.05) is 26.4 Å². The van der Waals surface area contributed by atoms with E-state index in [0.29, 0.717) is 0 Å². The Labute approximate surface area is 97.9 Å². The zero-order valence-electron chi connectivity index (χ0n) is 9.99. The topological polar surface area (TPSA) is 3.24 Å². The van der Waals surface area contributed by atoms with Gasteiger partial charge in [-0.2, -0.15) is 0 Å². The van der Waals surface area contributed by atoms with Crippen molar-refractivity contribution in [3.63, 3.8) is 0 Å². The Morgan fingerprint density at radius 2 is 2.00 bits per heavy atom. The average molecular weight is 223 g/mol. The Balaban J connectivity index is 2.15. The van der Waals surface area contributed by atoms with E-state index in [1.807, 2.05) is 11.8 Å². The van der Waals surface area contributed by atoms with Gasteiger partial charge in [-0.3, -0.25) is 0 Å². The molecule has 1 aromatic carbocycles. The van der Waals surface area contributed by atoms with Crippen LogP contribution in [0.15, 0.2) is 29.2 Å². The van der Waals surface area contributed by atoms with Crippen molar-refractivity contribution < 1.29 is 0 Å². The van der Waals surface area contributed by atoms with Gasteiger partial charge in [-0.05, 0) is 58.3 Å². The first-order valence-corrected chi connectivity index (χ1v) is 6.51. The first-order chi connectivity index (χ1) is 7.18. The molecule has 0 bridgehead atoms. The molecule has 84 valence electrons. The van der Waals surface area contributed by atoms with Gasteiger partial charge in [-0.25, -0.2) is 0 Å². The van der Waals surface area contributed by atoms with Gasteiger partial charge in [-0.15, -0.1) is 11.8 Å². The molecule has 0 saturated heterocycles. The summed E-state index contributed by atoms with van der Waals surface area (Å²) < 4.78 is 0. The molecule has 0 aliphatic rings. The molecular weight excluding hydrogens is 202 g/mol. The molecule has 0 saturated carbocycles. The van der Waals surface area contributed by atoms with Gasteiger partial charge in [0.1, 0.15) is 0 Å². The highest BCUT2D eigenvalue weighted by molar-refractivity contribution is 7.99. The third-order valence-electron chi connectivity index (χ3n) is 2.26. The normalized spacial score (nSPS) is 10.9. The molecule has 0 radical (unpaired) electrons. The Morgan fingerprint density at radius 1 is 1.20 bits per heavy atom. The fourth-order valence-electron chi connectivity index (χ4n) is 1.43. The SMILES string of the molecule is Cc1cccc(SCCCCN(C)C)c1. The minimum Gasteiger partial charge on any atom is -0.309 e. The highest BCUT2D eigenvalue weighted by atomic mass is 32.2. The van der Waals surface area contributed by atoms with E-state index in [0.717, 1.165) is 0 Å². The maximum Gasteiger partial charge on any atom is 0.00745 e. The summed E-state index contributed by atoms with van der Waals surface area (Å²) in [6.07, 6.45) is 2.60. The van der Waals surface area contributed by atoms with Crippen LogP contribution < -0.4 is 0 Å². The maximum absolute atomic E-state index is 2.26. The lowest BCUT2D eigenvalue weighted by Gasteiger charge is -2.08. The third kappa shape index (κ3) is 5.85. The van der Waals surface area contributed by atoms with Gasteiger partial charge >= 0.3 is 0 Å². The van der Waals surface area contributed by atoms with Crippen LogP contribution in [0.2, 0.25) is 0 Å². The lowest BCUT2D eigenvalue weighted by atomic mass is 10.2. The molecule has 0 unspecified atom stereocenters. The third-order valence-corrected chi connectivity index (χ3v) is 3.34. The largest absolute Gasteiger partial charge is 0.309 e. The van der Waals surface area contributed by atoms with E-state index in [1.54, 1.807) is 0 Å². The van der Waals surface area contributed by atoms with Crippen LogP contribution in [0.25, 0.3) is 0 Å². The smallest absolute Gasteiger partial charge is 0.00745 e. The molecule has 1 aromatic rings. The lowest BCUT2D eigenvalue weighted by Crippen LogP contribution is -2.12. The van der Waals surface area contributed by atoms with Gasteiger partial charge in [0.25, 0.3) is 0 Å². The van der Waals surface area contributed by atoms with Crippen molar-refractivity contribution in [3.05, 3.63) is 29.8 Å². The maximum atomic E-state index is 2.26. The molecule has 0 heterocycles. The standard InChI is InChI=1S/C13H21NS/c1-12-7-6-8-13(11-12)15-10-5-4-9-14(2)3/h6-8,11H,4-5,9-10H2,1-3H3. The van der Waals surface area contributed by atoms with Crippen molar-refractivity contribution in [2.24, 2.45) is 0 Å². The summed E-state index contributed by atoms with van der Waals surface area (Å²) >= 11 is 1.97. The number of aryl methyl sites for hydroxylation is 1. The molecule has 0 fully saturated rings. The number of hydrogen-bond donors (Lipinski definition) is 0. The van der Waals surface area contributed by atoms with Crippen molar-refractivity contribution in [1.29, 1.82) is 0 Å². The highest BCUT2D eigenvalue weighted by Gasteiger charge is 1.95. The molecule has 15 heavy (non-hydrogen) atoms. The van der Waals surface area contributed by atoms with Crippen LogP contribution in [0.1, 0.15) is 18.4 Å². The van der Waals surface area contributed by atoms with E-state index in [4.69, 9.17) is 0 Å². The van der Waals surface area contributed by atoms with Gasteiger partial charge in [0.2, 0.25) is 0 Å². The minimum absolute atomic E-state index is 1.20. The van der Waals surface area contributed by atoms with E-state index in [9.17, 15) is 0 Å². The Morgan fingerprint density at radius 3 is 2.67 bits per heavy atom. The van der Waals surface area contributed by atoms with E-state index < -0.39 is 0 Å². The van der Waals surface area contributed by atoms with Crippen LogP contribution in [0.5, 0.6) is 0 Å². The Bertz CT molecular complexity index is 284. The fourth-order valence-corrected chi connectivity index (χ4v) is 2.45. The predicted octanol–water partition coefficient (Wildman–Crippen LogP) is 3.43. The summed E-state index contributed by atoms with van der Waals surface area (Å²) in [6, 6.07) is 8.74. The summed E-state index contributed by atoms with van der Waals surface area (Å²) in [5, 5.41) is 0. The number of thioether (sulfide) groups is 1. The Hall–Kier alpha value is -0.470. The summed E-state index contributed by atoms with van der Waals surface area (Å²) in [5.41, 5.74) is 1.35. The molecule has 0 N–H and O–H groups in total. The van der Waals surface area contributed by atoms with Gasteiger partial charge in [0, 0.05) is 4.90 Å². The summed E-state index contributed by atoms with van der Waals surface area (Å²) in [5.74, 6) is 1.23. The highest BCUT2D eigenvalue weighted by Crippen LogP contribution is 2.19. The molecule has 0 aromatic heterocycles. The van der Waals surface area contributed by atoms with E-state index in [1.165, 1.54) is 35.6 Å². The van der Waals surface area contributed by atoms with Gasteiger partial charge < -0.3 is 4.90 Å². The first-order valence-electron chi connectivity index (χ1n) is 5.52. The summed E-state index contributed by atoms with van der Waals surface area (Å²) in [7, 11) is 4.27. The molecule has 0 spiro atoms. The van der Waals surface area contributed by atoms with Crippen LogP contribution in [-0.2, 0) is 0 Å². The number of hydrogen-bond acceptors (Lipinski definition) is 2. The monoisotopic (exact) mass is 223 g/mol. The van der Waals surface area contributed by atoms with E-state index >= 15 is 0 Å². The number of benzene rings is 1. The lowest BCUT2D eigenvalue weighted by molar-refractivity contribution is 0.399. The zero-order valence-corrected chi connectivity index (χ0v) is 10.8. The summed E-state index contributed by atoms with van der Waals surface area (Å²) in [4.78, 5) is 3.65. The second kappa shape index (κ2) is 6.91. The second-order valence-electron chi connectivity index (χ2n) is 4.18. The molecule has 1 nitrogen and oxygen atoms in total. The first kappa shape index (κ1) is 12.6. The predicted molar refractivity (Wildman–Crippen MR) is 69.7 cm³/mol. The molecular formula is C13H21NS. The molecule has 2 heteroatoms. The average Bonchev–Trinajstić information content (AvgIpc) is 2.17. The Kier molecular flexibility index (Phi) is 5.81. The van der Waals surface area contributed by atoms with Gasteiger partial charge in [0.05, 0.1) is 0 Å². The molecule has 0 aliphatic heterocycles. The van der Waals surface area contributed by atoms with Crippen LogP contribution in [0, 0.1) is 6.92 Å². The molecule has 0 amide bonds. The van der Waals surface area contributed by atoms with Crippen LogP contribution in [0.4, 0.5) is 0 Å². The molecule has 0 atom stereocenters. The van der Waals surface area contributed by atoms with Crippen molar-refractivity contribution >= 4 is 11.8 Å². The number of nitrogens with zero attached hydrogens (tertiary/aromatic N) is 1. The fraction of sp³-hybridized carbons (Fsp3) is 0.538. The van der Waals surface area contributed by atoms with Crippen LogP contribution >= 0.6 is 11.8 Å². The van der Waals surface area contributed by atoms with Crippen molar-refractivity contribution in [3.8, 4) is 0 Å². The van der Waals surface area contributed by atoms with Crippen molar-refractivity contribution in [2.45, 2.75) is 24.7 Å². The number of unbranched alkanes of at least 4 members (excludes halogenated alkanes) is 1. The van der Waals surface area contributed by atoms with Crippen LogP contribution in [-0.4, -0.2) is 31.3 Å². The second-order valence-corrected chi connectivity index (χ2v) is 5.34. The minimum atomic E-state index is 1.20. The van der Waals surface area contributed by atoms with Gasteiger partial charge in [0.15, 0.2) is 0 Å². The van der Waals surface area contributed by atoms with E-state index in [2.05, 4.69) is 50.2 Å². The molecule has 0 aliphatic carbocycles. The number of rotatable bonds is 6. The van der Waals surface area contributed by atoms with Crippen LogP contribution in [0.3, 0.4) is 0 Å². The summed E-state index contributed by atoms with van der Waals surface area (Å²) in [6.45, 7) is 3.35. The van der Waals surface area contributed by atoms with E-state index in [-0.39, 0.29) is 0 Å². The zero-order chi connectivity index (χ0) is 11.1. The molecule has 1 rings (SSSR count).